The number of benzene rings is 2. The predicted molar refractivity (Wildman–Crippen MR) is 100 cm³/mol. The summed E-state index contributed by atoms with van der Waals surface area (Å²) >= 11 is 9.45. The SMILES string of the molecule is CCOP(=S)(c1ccccc1)N(Cc1ccccc1)SBr. The fourth-order valence-electron chi connectivity index (χ4n) is 1.96. The van der Waals surface area contributed by atoms with E-state index in [-0.39, 0.29) is 0 Å². The molecule has 6 heteroatoms. The quantitative estimate of drug-likeness (QED) is 0.471. The van der Waals surface area contributed by atoms with Gasteiger partial charge in [0.15, 0.2) is 6.42 Å². The van der Waals surface area contributed by atoms with Crippen molar-refractivity contribution in [2.75, 3.05) is 6.61 Å². The third-order valence-electron chi connectivity index (χ3n) is 2.92. The van der Waals surface area contributed by atoms with Crippen LogP contribution in [0.2, 0.25) is 0 Å². The molecule has 2 nitrogen and oxygen atoms in total. The highest BCUT2D eigenvalue weighted by molar-refractivity contribution is 9.50. The number of nitrogens with zero attached hydrogens (tertiary/aromatic N) is 1. The Morgan fingerprint density at radius 3 is 2.19 bits per heavy atom. The van der Waals surface area contributed by atoms with Gasteiger partial charge >= 0.3 is 0 Å². The molecule has 0 amide bonds. The lowest BCUT2D eigenvalue weighted by Crippen LogP contribution is -2.21. The standard InChI is InChI=1S/C15H17BrNOPS2/c1-2-18-19(20,15-11-7-4-8-12-15)17(21-16)13-14-9-5-3-6-10-14/h3-12H,2,13H2,1H3. The molecule has 0 bridgehead atoms. The van der Waals surface area contributed by atoms with Gasteiger partial charge in [0, 0.05) is 37.0 Å². The van der Waals surface area contributed by atoms with E-state index in [1.165, 1.54) is 15.9 Å². The lowest BCUT2D eigenvalue weighted by atomic mass is 10.2. The predicted octanol–water partition coefficient (Wildman–Crippen LogP) is 5.12. The van der Waals surface area contributed by atoms with Gasteiger partial charge in [-0.05, 0) is 24.3 Å². The first-order chi connectivity index (χ1) is 10.2. The van der Waals surface area contributed by atoms with E-state index in [0.29, 0.717) is 6.61 Å². The Balaban J connectivity index is 2.33. The van der Waals surface area contributed by atoms with Crippen molar-refractivity contribution in [3.05, 3.63) is 66.2 Å². The summed E-state index contributed by atoms with van der Waals surface area (Å²) in [6.07, 6.45) is -2.26. The fourth-order valence-corrected chi connectivity index (χ4v) is 8.56. The van der Waals surface area contributed by atoms with Crippen LogP contribution in [0, 0.1) is 0 Å². The second-order valence-corrected chi connectivity index (χ2v) is 9.84. The molecule has 1 unspecified atom stereocenters. The Kier molecular flexibility index (Phi) is 6.93. The highest BCUT2D eigenvalue weighted by Gasteiger charge is 2.29. The van der Waals surface area contributed by atoms with Crippen LogP contribution in [-0.4, -0.2) is 10.7 Å². The van der Waals surface area contributed by atoms with Gasteiger partial charge < -0.3 is 4.52 Å². The third-order valence-corrected chi connectivity index (χ3v) is 10.0. The van der Waals surface area contributed by atoms with Crippen LogP contribution >= 0.6 is 31.6 Å². The zero-order chi connectivity index (χ0) is 15.1. The molecule has 0 saturated heterocycles. The number of rotatable bonds is 7. The van der Waals surface area contributed by atoms with Gasteiger partial charge in [-0.3, -0.25) is 0 Å². The third kappa shape index (κ3) is 4.41. The molecule has 21 heavy (non-hydrogen) atoms. The lowest BCUT2D eigenvalue weighted by molar-refractivity contribution is 0.361. The number of hydrogen-bond donors (Lipinski definition) is 0. The minimum absolute atomic E-state index is 0.602. The van der Waals surface area contributed by atoms with E-state index in [4.69, 9.17) is 16.3 Å². The van der Waals surface area contributed by atoms with Crippen LogP contribution in [0.4, 0.5) is 0 Å². The zero-order valence-electron chi connectivity index (χ0n) is 11.7. The molecular formula is C15H17BrNOPS2. The smallest absolute Gasteiger partial charge is 0.172 e. The lowest BCUT2D eigenvalue weighted by Gasteiger charge is -2.32. The summed E-state index contributed by atoms with van der Waals surface area (Å²) in [5, 5.41) is 1.07. The topological polar surface area (TPSA) is 12.5 Å². The molecule has 2 aromatic rings. The van der Waals surface area contributed by atoms with E-state index < -0.39 is 6.42 Å². The normalized spacial score (nSPS) is 14.0. The van der Waals surface area contributed by atoms with Crippen molar-refractivity contribution in [1.29, 1.82) is 0 Å². The Hall–Kier alpha value is -0.160. The summed E-state index contributed by atoms with van der Waals surface area (Å²) in [5.41, 5.74) is 1.22. The second-order valence-electron chi connectivity index (χ2n) is 4.34. The van der Waals surface area contributed by atoms with Crippen molar-refractivity contribution in [2.24, 2.45) is 0 Å². The van der Waals surface area contributed by atoms with E-state index in [2.05, 4.69) is 43.2 Å². The van der Waals surface area contributed by atoms with Gasteiger partial charge in [0.25, 0.3) is 0 Å². The van der Waals surface area contributed by atoms with Crippen LogP contribution in [0.5, 0.6) is 0 Å². The fraction of sp³-hybridized carbons (Fsp3) is 0.200. The van der Waals surface area contributed by atoms with Crippen LogP contribution in [-0.2, 0) is 22.9 Å². The molecule has 0 fully saturated rings. The van der Waals surface area contributed by atoms with Gasteiger partial charge in [0.1, 0.15) is 0 Å². The minimum atomic E-state index is -2.26. The molecule has 112 valence electrons. The van der Waals surface area contributed by atoms with Crippen molar-refractivity contribution in [1.82, 2.24) is 4.08 Å². The maximum Gasteiger partial charge on any atom is 0.172 e. The molecule has 0 spiro atoms. The molecule has 0 N–H and O–H groups in total. The van der Waals surface area contributed by atoms with Crippen molar-refractivity contribution in [2.45, 2.75) is 13.5 Å². The van der Waals surface area contributed by atoms with E-state index in [0.717, 1.165) is 11.8 Å². The first-order valence-electron chi connectivity index (χ1n) is 6.61. The molecule has 0 aliphatic rings. The van der Waals surface area contributed by atoms with Crippen molar-refractivity contribution in [3.8, 4) is 0 Å². The summed E-state index contributed by atoms with van der Waals surface area (Å²) < 4.78 is 8.18. The molecule has 2 aromatic carbocycles. The monoisotopic (exact) mass is 401 g/mol. The zero-order valence-corrected chi connectivity index (χ0v) is 15.8. The molecule has 0 aliphatic heterocycles. The highest BCUT2D eigenvalue weighted by Crippen LogP contribution is 2.55. The van der Waals surface area contributed by atoms with E-state index in [9.17, 15) is 0 Å². The van der Waals surface area contributed by atoms with Crippen molar-refractivity contribution < 1.29 is 4.52 Å². The molecular weight excluding hydrogens is 385 g/mol. The van der Waals surface area contributed by atoms with Gasteiger partial charge in [-0.2, -0.15) is 4.08 Å². The molecule has 2 rings (SSSR count). The maximum absolute atomic E-state index is 6.04. The Morgan fingerprint density at radius 2 is 1.67 bits per heavy atom. The Bertz CT molecular complexity index is 597. The van der Waals surface area contributed by atoms with Crippen molar-refractivity contribution in [3.63, 3.8) is 0 Å². The van der Waals surface area contributed by atoms with Crippen LogP contribution in [0.3, 0.4) is 0 Å². The number of hydrogen-bond acceptors (Lipinski definition) is 3. The summed E-state index contributed by atoms with van der Waals surface area (Å²) in [6.45, 7) is 3.33. The summed E-state index contributed by atoms with van der Waals surface area (Å²) in [4.78, 5) is 0. The first-order valence-corrected chi connectivity index (χ1v) is 11.9. The molecule has 0 aliphatic carbocycles. The van der Waals surface area contributed by atoms with E-state index in [1.54, 1.807) is 0 Å². The molecule has 1 atom stereocenters. The van der Waals surface area contributed by atoms with Gasteiger partial charge in [-0.15, -0.1) is 0 Å². The Labute approximate surface area is 143 Å². The van der Waals surface area contributed by atoms with Crippen LogP contribution in [0.15, 0.2) is 60.7 Å². The number of halogens is 1. The van der Waals surface area contributed by atoms with E-state index in [1.807, 2.05) is 43.3 Å². The first kappa shape index (κ1) is 17.2. The van der Waals surface area contributed by atoms with Gasteiger partial charge in [0.05, 0.1) is 6.61 Å². The largest absolute Gasteiger partial charge is 0.334 e. The average molecular weight is 402 g/mol. The summed E-state index contributed by atoms with van der Waals surface area (Å²) in [7, 11) is 1.47. The average Bonchev–Trinajstić information content (AvgIpc) is 2.54. The van der Waals surface area contributed by atoms with Gasteiger partial charge in [0.2, 0.25) is 0 Å². The maximum atomic E-state index is 6.04. The van der Waals surface area contributed by atoms with Gasteiger partial charge in [-0.25, -0.2) is 0 Å². The highest BCUT2D eigenvalue weighted by atomic mass is 79.9. The molecule has 0 saturated carbocycles. The summed E-state index contributed by atoms with van der Waals surface area (Å²) in [5.74, 6) is 0. The van der Waals surface area contributed by atoms with Crippen LogP contribution in [0.25, 0.3) is 0 Å². The Morgan fingerprint density at radius 1 is 1.10 bits per heavy atom. The van der Waals surface area contributed by atoms with Crippen molar-refractivity contribution >= 4 is 48.7 Å². The van der Waals surface area contributed by atoms with E-state index >= 15 is 0 Å². The minimum Gasteiger partial charge on any atom is -0.334 e. The summed E-state index contributed by atoms with van der Waals surface area (Å²) in [6, 6.07) is 20.4. The molecule has 0 heterocycles. The van der Waals surface area contributed by atoms with Gasteiger partial charge in [-0.1, -0.05) is 60.7 Å². The van der Waals surface area contributed by atoms with Crippen LogP contribution < -0.4 is 5.30 Å². The molecule has 0 radical (unpaired) electrons. The molecule has 0 aromatic heterocycles. The van der Waals surface area contributed by atoms with Crippen LogP contribution in [0.1, 0.15) is 12.5 Å². The second kappa shape index (κ2) is 8.47.